The van der Waals surface area contributed by atoms with Crippen LogP contribution in [0.4, 0.5) is 0 Å². The second-order valence-electron chi connectivity index (χ2n) is 6.58. The standard InChI is InChI=1S/C16H12Br2Cl2N2O3/c17-12-7-4-8(13(12)18)11-10(7)15(24)22(16(11)25)21-14(23)6-2-1-5(19)3-9(6)20/h1-3,7-8,10-13H,4H2,(H,21,23)/t7-,8-,10-,11-,12-,13+/m1/s1. The van der Waals surface area contributed by atoms with Crippen molar-refractivity contribution in [2.24, 2.45) is 23.7 Å². The molecule has 0 aromatic heterocycles. The van der Waals surface area contributed by atoms with Crippen LogP contribution in [0.3, 0.4) is 0 Å². The molecule has 9 heteroatoms. The van der Waals surface area contributed by atoms with E-state index in [0.717, 1.165) is 11.4 Å². The van der Waals surface area contributed by atoms with Crippen LogP contribution in [-0.2, 0) is 9.59 Å². The lowest BCUT2D eigenvalue weighted by molar-refractivity contribution is -0.143. The minimum Gasteiger partial charge on any atom is -0.272 e. The number of hydrogen-bond acceptors (Lipinski definition) is 3. The summed E-state index contributed by atoms with van der Waals surface area (Å²) in [6.45, 7) is 0. The van der Waals surface area contributed by atoms with Gasteiger partial charge < -0.3 is 0 Å². The molecule has 0 spiro atoms. The molecule has 1 aromatic rings. The predicted octanol–water partition coefficient (Wildman–Crippen LogP) is 3.42. The zero-order valence-corrected chi connectivity index (χ0v) is 17.3. The van der Waals surface area contributed by atoms with E-state index in [1.165, 1.54) is 18.2 Å². The summed E-state index contributed by atoms with van der Waals surface area (Å²) < 4.78 is 0. The smallest absolute Gasteiger partial charge is 0.271 e. The van der Waals surface area contributed by atoms with Gasteiger partial charge in [0.25, 0.3) is 17.7 Å². The molecule has 2 bridgehead atoms. The lowest BCUT2D eigenvalue weighted by atomic mass is 9.81. The summed E-state index contributed by atoms with van der Waals surface area (Å²) in [5.74, 6) is -1.86. The van der Waals surface area contributed by atoms with Crippen molar-refractivity contribution < 1.29 is 14.4 Å². The number of nitrogens with one attached hydrogen (secondary N) is 1. The van der Waals surface area contributed by atoms with Gasteiger partial charge in [-0.2, -0.15) is 5.01 Å². The van der Waals surface area contributed by atoms with Crippen LogP contribution < -0.4 is 5.43 Å². The fourth-order valence-corrected chi connectivity index (χ4v) is 6.66. The van der Waals surface area contributed by atoms with Gasteiger partial charge in [0.15, 0.2) is 0 Å². The van der Waals surface area contributed by atoms with Crippen LogP contribution in [0.2, 0.25) is 10.0 Å². The topological polar surface area (TPSA) is 66.5 Å². The molecular weight excluding hydrogens is 499 g/mol. The van der Waals surface area contributed by atoms with Crippen LogP contribution in [-0.4, -0.2) is 32.4 Å². The van der Waals surface area contributed by atoms with E-state index in [0.29, 0.717) is 5.02 Å². The highest BCUT2D eigenvalue weighted by Crippen LogP contribution is 2.59. The fraction of sp³-hybridized carbons (Fsp3) is 0.438. The monoisotopic (exact) mass is 508 g/mol. The SMILES string of the molecule is O=C(NN1C(=O)[C@@H]2[C@H]3C[C@@H]([C@@H](Br)[C@H]3Br)[C@H]2C1=O)c1ccc(Cl)cc1Cl. The molecule has 0 radical (unpaired) electrons. The van der Waals surface area contributed by atoms with E-state index >= 15 is 0 Å². The number of carbonyl (C=O) groups is 3. The molecular formula is C16H12Br2Cl2N2O3. The third-order valence-corrected chi connectivity index (χ3v) is 9.13. The number of hydrogen-bond donors (Lipinski definition) is 1. The van der Waals surface area contributed by atoms with Crippen molar-refractivity contribution in [1.82, 2.24) is 10.4 Å². The number of halogens is 4. The Labute approximate surface area is 170 Å². The van der Waals surface area contributed by atoms with Crippen LogP contribution in [0.15, 0.2) is 18.2 Å². The molecule has 1 aliphatic heterocycles. The second-order valence-corrected chi connectivity index (χ2v) is 9.54. The third kappa shape index (κ3) is 2.58. The van der Waals surface area contributed by atoms with Crippen LogP contribution in [0, 0.1) is 23.7 Å². The van der Waals surface area contributed by atoms with Crippen molar-refractivity contribution in [3.05, 3.63) is 33.8 Å². The van der Waals surface area contributed by atoms with Gasteiger partial charge >= 0.3 is 0 Å². The van der Waals surface area contributed by atoms with Crippen LogP contribution in [0.1, 0.15) is 16.8 Å². The number of benzene rings is 1. The number of carbonyl (C=O) groups excluding carboxylic acids is 3. The van der Waals surface area contributed by atoms with Crippen LogP contribution in [0.5, 0.6) is 0 Å². The van der Waals surface area contributed by atoms with E-state index in [-0.39, 0.29) is 55.7 Å². The number of nitrogens with zero attached hydrogens (tertiary/aromatic N) is 1. The van der Waals surface area contributed by atoms with Gasteiger partial charge in [0.2, 0.25) is 0 Å². The van der Waals surface area contributed by atoms with Gasteiger partial charge in [-0.15, -0.1) is 0 Å². The van der Waals surface area contributed by atoms with E-state index < -0.39 is 5.91 Å². The highest BCUT2D eigenvalue weighted by Gasteiger charge is 2.66. The van der Waals surface area contributed by atoms with Gasteiger partial charge in [-0.25, -0.2) is 0 Å². The summed E-state index contributed by atoms with van der Waals surface area (Å²) in [6, 6.07) is 4.42. The van der Waals surface area contributed by atoms with E-state index in [4.69, 9.17) is 23.2 Å². The first-order valence-electron chi connectivity index (χ1n) is 7.73. The van der Waals surface area contributed by atoms with Crippen LogP contribution in [0.25, 0.3) is 0 Å². The minimum absolute atomic E-state index is 0.0943. The van der Waals surface area contributed by atoms with E-state index in [1.807, 2.05) is 0 Å². The molecule has 2 aliphatic carbocycles. The normalized spacial score (nSPS) is 36.1. The number of rotatable bonds is 2. The summed E-state index contributed by atoms with van der Waals surface area (Å²) in [4.78, 5) is 38.2. The maximum Gasteiger partial charge on any atom is 0.271 e. The Balaban J connectivity index is 1.57. The number of hydrazine groups is 1. The Hall–Kier alpha value is -0.630. The Bertz CT molecular complexity index is 774. The van der Waals surface area contributed by atoms with E-state index in [9.17, 15) is 14.4 Å². The first-order valence-corrected chi connectivity index (χ1v) is 10.3. The Morgan fingerprint density at radius 3 is 2.16 bits per heavy atom. The Morgan fingerprint density at radius 2 is 1.64 bits per heavy atom. The second kappa shape index (κ2) is 6.22. The molecule has 1 saturated heterocycles. The summed E-state index contributed by atoms with van der Waals surface area (Å²) in [5.41, 5.74) is 2.58. The molecule has 1 aromatic carbocycles. The molecule has 3 aliphatic rings. The first-order chi connectivity index (χ1) is 11.8. The number of fused-ring (bicyclic) bond motifs is 5. The molecule has 6 atom stereocenters. The van der Waals surface area contributed by atoms with Gasteiger partial charge in [-0.1, -0.05) is 55.1 Å². The largest absolute Gasteiger partial charge is 0.272 e. The van der Waals surface area contributed by atoms with Crippen molar-refractivity contribution >= 4 is 72.8 Å². The van der Waals surface area contributed by atoms with Gasteiger partial charge in [0.1, 0.15) is 0 Å². The van der Waals surface area contributed by atoms with Gasteiger partial charge in [0.05, 0.1) is 22.4 Å². The summed E-state index contributed by atoms with van der Waals surface area (Å²) >= 11 is 19.1. The number of alkyl halides is 2. The molecule has 1 N–H and O–H groups in total. The quantitative estimate of drug-likeness (QED) is 0.490. The molecule has 0 unspecified atom stereocenters. The summed E-state index contributed by atoms with van der Waals surface area (Å²) in [6.07, 6.45) is 0.837. The van der Waals surface area contributed by atoms with E-state index in [1.54, 1.807) is 0 Å². The minimum atomic E-state index is -0.610. The fourth-order valence-electron chi connectivity index (χ4n) is 4.29. The lowest BCUT2D eigenvalue weighted by Crippen LogP contribution is -2.47. The Kier molecular flexibility index (Phi) is 4.42. The maximum absolute atomic E-state index is 12.7. The zero-order valence-electron chi connectivity index (χ0n) is 12.6. The number of amides is 3. The third-order valence-electron chi connectivity index (χ3n) is 5.38. The zero-order chi connectivity index (χ0) is 18.0. The molecule has 4 rings (SSSR count). The summed E-state index contributed by atoms with van der Waals surface area (Å²) in [7, 11) is 0. The average Bonchev–Trinajstić information content (AvgIpc) is 3.15. The van der Waals surface area contributed by atoms with Crippen molar-refractivity contribution in [3.63, 3.8) is 0 Å². The highest BCUT2D eigenvalue weighted by molar-refractivity contribution is 9.12. The molecule has 3 fully saturated rings. The van der Waals surface area contributed by atoms with Crippen molar-refractivity contribution in [1.29, 1.82) is 0 Å². The molecule has 1 heterocycles. The van der Waals surface area contributed by atoms with E-state index in [2.05, 4.69) is 37.3 Å². The average molecular weight is 511 g/mol. The van der Waals surface area contributed by atoms with Crippen molar-refractivity contribution in [2.45, 2.75) is 16.1 Å². The lowest BCUT2D eigenvalue weighted by Gasteiger charge is -2.28. The highest BCUT2D eigenvalue weighted by atomic mass is 79.9. The Morgan fingerprint density at radius 1 is 1.08 bits per heavy atom. The summed E-state index contributed by atoms with van der Waals surface area (Å²) in [5, 5.41) is 1.42. The molecule has 25 heavy (non-hydrogen) atoms. The molecule has 132 valence electrons. The van der Waals surface area contributed by atoms with Gasteiger partial charge in [0, 0.05) is 14.7 Å². The van der Waals surface area contributed by atoms with Crippen molar-refractivity contribution in [3.8, 4) is 0 Å². The predicted molar refractivity (Wildman–Crippen MR) is 99.8 cm³/mol. The van der Waals surface area contributed by atoms with Crippen LogP contribution >= 0.6 is 55.1 Å². The first kappa shape index (κ1) is 17.8. The number of imide groups is 1. The van der Waals surface area contributed by atoms with Crippen molar-refractivity contribution in [2.75, 3.05) is 0 Å². The maximum atomic E-state index is 12.7. The molecule has 3 amide bonds. The molecule has 5 nitrogen and oxygen atoms in total. The van der Waals surface area contributed by atoms with Gasteiger partial charge in [-0.3, -0.25) is 19.8 Å². The molecule has 2 saturated carbocycles. The van der Waals surface area contributed by atoms with Gasteiger partial charge in [-0.05, 0) is 36.5 Å².